The molecule has 1 unspecified atom stereocenters. The molecular formula is C7H10O2. The molecule has 9 heavy (non-hydrogen) atoms. The zero-order valence-electron chi connectivity index (χ0n) is 5.41. The topological polar surface area (TPSA) is 18.5 Å². The van der Waals surface area contributed by atoms with Gasteiger partial charge in [0.05, 0.1) is 7.11 Å². The van der Waals surface area contributed by atoms with Crippen LogP contribution in [0, 0.1) is 0 Å². The molecule has 50 valence electrons. The van der Waals surface area contributed by atoms with Gasteiger partial charge in [0, 0.05) is 0 Å². The first-order chi connectivity index (χ1) is 4.43. The Kier molecular flexibility index (Phi) is 2.48. The molecule has 0 aromatic carbocycles. The zero-order chi connectivity index (χ0) is 6.53. The molecule has 0 fully saturated rings. The van der Waals surface area contributed by atoms with Crippen LogP contribution in [0.4, 0.5) is 0 Å². The van der Waals surface area contributed by atoms with Crippen molar-refractivity contribution in [1.29, 1.82) is 0 Å². The van der Waals surface area contributed by atoms with Crippen molar-refractivity contribution in [2.24, 2.45) is 0 Å². The van der Waals surface area contributed by atoms with Crippen LogP contribution in [0.5, 0.6) is 0 Å². The zero-order valence-corrected chi connectivity index (χ0v) is 5.41. The summed E-state index contributed by atoms with van der Waals surface area (Å²) in [7, 11) is 1.52. The first-order valence-electron chi connectivity index (χ1n) is 2.96. The van der Waals surface area contributed by atoms with Crippen molar-refractivity contribution >= 4 is 0 Å². The first kappa shape index (κ1) is 6.52. The van der Waals surface area contributed by atoms with Crippen molar-refractivity contribution in [3.8, 4) is 0 Å². The van der Waals surface area contributed by atoms with Gasteiger partial charge >= 0.3 is 0 Å². The second-order valence-corrected chi connectivity index (χ2v) is 1.85. The molecule has 2 heteroatoms. The third-order valence-corrected chi connectivity index (χ3v) is 1.16. The second kappa shape index (κ2) is 3.43. The number of hydrogen-bond donors (Lipinski definition) is 0. The van der Waals surface area contributed by atoms with E-state index in [0.717, 1.165) is 6.42 Å². The Hall–Kier alpha value is -0.600. The summed E-state index contributed by atoms with van der Waals surface area (Å²) in [5.41, 5.74) is 0. The van der Waals surface area contributed by atoms with Crippen molar-refractivity contribution < 1.29 is 9.78 Å². The maximum Gasteiger partial charge on any atom is 0.115 e. The van der Waals surface area contributed by atoms with Gasteiger partial charge in [-0.3, -0.25) is 0 Å². The lowest BCUT2D eigenvalue weighted by atomic mass is 10.1. The molecule has 1 atom stereocenters. The van der Waals surface area contributed by atoms with E-state index in [4.69, 9.17) is 4.89 Å². The standard InChI is InChI=1S/C7H10O2/c1-8-9-7-5-3-2-4-6-7/h2-5,7H,6H2,1H3. The Labute approximate surface area is 54.7 Å². The van der Waals surface area contributed by atoms with Gasteiger partial charge in [-0.1, -0.05) is 24.3 Å². The van der Waals surface area contributed by atoms with Gasteiger partial charge in [0.1, 0.15) is 6.10 Å². The van der Waals surface area contributed by atoms with E-state index in [1.807, 2.05) is 24.3 Å². The number of hydrogen-bond acceptors (Lipinski definition) is 2. The van der Waals surface area contributed by atoms with Crippen LogP contribution in [0.15, 0.2) is 24.3 Å². The molecule has 0 aromatic heterocycles. The Morgan fingerprint density at radius 1 is 1.44 bits per heavy atom. The summed E-state index contributed by atoms with van der Waals surface area (Å²) in [6.07, 6.45) is 8.97. The van der Waals surface area contributed by atoms with Gasteiger partial charge in [-0.05, 0) is 6.42 Å². The van der Waals surface area contributed by atoms with E-state index in [0.29, 0.717) is 0 Å². The van der Waals surface area contributed by atoms with E-state index < -0.39 is 0 Å². The molecule has 0 bridgehead atoms. The van der Waals surface area contributed by atoms with E-state index in [9.17, 15) is 0 Å². The Morgan fingerprint density at radius 3 is 2.89 bits per heavy atom. The fraction of sp³-hybridized carbons (Fsp3) is 0.429. The molecule has 2 nitrogen and oxygen atoms in total. The van der Waals surface area contributed by atoms with E-state index in [-0.39, 0.29) is 6.10 Å². The molecule has 1 aliphatic carbocycles. The summed E-state index contributed by atoms with van der Waals surface area (Å²) in [5.74, 6) is 0. The SMILES string of the molecule is COOC1C=CC=CC1. The van der Waals surface area contributed by atoms with E-state index in [1.54, 1.807) is 0 Å². The van der Waals surface area contributed by atoms with Gasteiger partial charge in [0.2, 0.25) is 0 Å². The van der Waals surface area contributed by atoms with Crippen LogP contribution in [-0.4, -0.2) is 13.2 Å². The molecule has 1 rings (SSSR count). The summed E-state index contributed by atoms with van der Waals surface area (Å²) in [4.78, 5) is 9.34. The van der Waals surface area contributed by atoms with Gasteiger partial charge in [-0.2, -0.15) is 0 Å². The molecule has 0 spiro atoms. The summed E-state index contributed by atoms with van der Waals surface area (Å²) >= 11 is 0. The van der Waals surface area contributed by atoms with Crippen LogP contribution < -0.4 is 0 Å². The molecule has 1 aliphatic rings. The minimum absolute atomic E-state index is 0.111. The minimum Gasteiger partial charge on any atom is -0.239 e. The molecule has 0 aromatic rings. The quantitative estimate of drug-likeness (QED) is 0.412. The maximum atomic E-state index is 4.84. The molecular weight excluding hydrogens is 116 g/mol. The van der Waals surface area contributed by atoms with Gasteiger partial charge in [0.15, 0.2) is 0 Å². The fourth-order valence-electron chi connectivity index (χ4n) is 0.753. The van der Waals surface area contributed by atoms with E-state index in [1.165, 1.54) is 7.11 Å². The number of rotatable bonds is 2. The van der Waals surface area contributed by atoms with Gasteiger partial charge in [-0.15, -0.1) is 0 Å². The van der Waals surface area contributed by atoms with Crippen molar-refractivity contribution in [2.75, 3.05) is 7.11 Å². The van der Waals surface area contributed by atoms with Crippen molar-refractivity contribution in [3.63, 3.8) is 0 Å². The van der Waals surface area contributed by atoms with E-state index >= 15 is 0 Å². The van der Waals surface area contributed by atoms with Gasteiger partial charge in [-0.25, -0.2) is 9.78 Å². The lowest BCUT2D eigenvalue weighted by Crippen LogP contribution is -2.08. The monoisotopic (exact) mass is 126 g/mol. The number of allylic oxidation sites excluding steroid dienone is 2. The van der Waals surface area contributed by atoms with Gasteiger partial charge < -0.3 is 0 Å². The molecule has 0 amide bonds. The normalized spacial score (nSPS) is 24.8. The molecule has 0 heterocycles. The molecule has 0 aliphatic heterocycles. The largest absolute Gasteiger partial charge is 0.239 e. The maximum absolute atomic E-state index is 4.84. The summed E-state index contributed by atoms with van der Waals surface area (Å²) in [5, 5.41) is 0. The van der Waals surface area contributed by atoms with E-state index in [2.05, 4.69) is 4.89 Å². The minimum atomic E-state index is 0.111. The first-order valence-corrected chi connectivity index (χ1v) is 2.96. The summed E-state index contributed by atoms with van der Waals surface area (Å²) in [6, 6.07) is 0. The third-order valence-electron chi connectivity index (χ3n) is 1.16. The highest BCUT2D eigenvalue weighted by molar-refractivity contribution is 5.11. The van der Waals surface area contributed by atoms with Crippen LogP contribution in [0.25, 0.3) is 0 Å². The molecule has 0 saturated carbocycles. The Bertz CT molecular complexity index is 127. The predicted molar refractivity (Wildman–Crippen MR) is 34.8 cm³/mol. The van der Waals surface area contributed by atoms with Crippen LogP contribution in [0.1, 0.15) is 6.42 Å². The highest BCUT2D eigenvalue weighted by atomic mass is 17.2. The predicted octanol–water partition coefficient (Wildman–Crippen LogP) is 1.45. The average molecular weight is 126 g/mol. The highest BCUT2D eigenvalue weighted by Gasteiger charge is 2.03. The smallest absolute Gasteiger partial charge is 0.115 e. The summed E-state index contributed by atoms with van der Waals surface area (Å²) < 4.78 is 0. The Morgan fingerprint density at radius 2 is 2.33 bits per heavy atom. The molecule has 0 N–H and O–H groups in total. The molecule has 0 saturated heterocycles. The highest BCUT2D eigenvalue weighted by Crippen LogP contribution is 2.06. The fourth-order valence-corrected chi connectivity index (χ4v) is 0.753. The van der Waals surface area contributed by atoms with Crippen LogP contribution in [0.2, 0.25) is 0 Å². The third kappa shape index (κ3) is 2.00. The van der Waals surface area contributed by atoms with Crippen molar-refractivity contribution in [3.05, 3.63) is 24.3 Å². The lowest BCUT2D eigenvalue weighted by molar-refractivity contribution is -0.292. The van der Waals surface area contributed by atoms with Crippen molar-refractivity contribution in [2.45, 2.75) is 12.5 Å². The van der Waals surface area contributed by atoms with Crippen LogP contribution in [-0.2, 0) is 9.78 Å². The van der Waals surface area contributed by atoms with Crippen LogP contribution >= 0.6 is 0 Å². The second-order valence-electron chi connectivity index (χ2n) is 1.85. The van der Waals surface area contributed by atoms with Crippen LogP contribution in [0.3, 0.4) is 0 Å². The van der Waals surface area contributed by atoms with Crippen molar-refractivity contribution in [1.82, 2.24) is 0 Å². The van der Waals surface area contributed by atoms with Gasteiger partial charge in [0.25, 0.3) is 0 Å². The lowest BCUT2D eigenvalue weighted by Gasteiger charge is -2.09. The average Bonchev–Trinajstić information content (AvgIpc) is 1.91. The molecule has 0 radical (unpaired) electrons. The Balaban J connectivity index is 2.28. The summed E-state index contributed by atoms with van der Waals surface area (Å²) in [6.45, 7) is 0.